The quantitative estimate of drug-likeness (QED) is 0.748. The zero-order chi connectivity index (χ0) is 14.5. The van der Waals surface area contributed by atoms with Crippen LogP contribution in [-0.2, 0) is 4.79 Å². The highest BCUT2D eigenvalue weighted by Gasteiger charge is 2.17. The predicted molar refractivity (Wildman–Crippen MR) is 76.1 cm³/mol. The number of aromatic carboxylic acids is 1. The third kappa shape index (κ3) is 3.48. The highest BCUT2D eigenvalue weighted by atomic mass is 16.4. The van der Waals surface area contributed by atoms with Crippen molar-refractivity contribution in [2.75, 3.05) is 38.0 Å². The minimum absolute atomic E-state index is 0.00987. The van der Waals surface area contributed by atoms with Gasteiger partial charge in [0.05, 0.1) is 12.1 Å². The van der Waals surface area contributed by atoms with Crippen molar-refractivity contribution in [1.29, 1.82) is 0 Å². The molecule has 0 unspecified atom stereocenters. The van der Waals surface area contributed by atoms with Gasteiger partial charge in [-0.25, -0.2) is 4.79 Å². The second-order valence-electron chi connectivity index (χ2n) is 4.84. The lowest BCUT2D eigenvalue weighted by molar-refractivity contribution is -0.129. The van der Waals surface area contributed by atoms with Gasteiger partial charge in [-0.3, -0.25) is 4.79 Å². The lowest BCUT2D eigenvalue weighted by Gasteiger charge is -2.27. The van der Waals surface area contributed by atoms with Gasteiger partial charge in [0, 0.05) is 31.9 Å². The van der Waals surface area contributed by atoms with Crippen LogP contribution in [0.1, 0.15) is 15.9 Å². The number of nitrogens with one attached hydrogen (secondary N) is 2. The minimum atomic E-state index is -0.998. The third-order valence-corrected chi connectivity index (χ3v) is 3.31. The molecular weight excluding hydrogens is 258 g/mol. The fourth-order valence-electron chi connectivity index (χ4n) is 2.19. The summed E-state index contributed by atoms with van der Waals surface area (Å²) in [5.74, 6) is -1.01. The van der Waals surface area contributed by atoms with Crippen LogP contribution in [0, 0.1) is 6.92 Å². The van der Waals surface area contributed by atoms with Crippen molar-refractivity contribution in [1.82, 2.24) is 10.2 Å². The van der Waals surface area contributed by atoms with E-state index in [1.165, 1.54) is 0 Å². The van der Waals surface area contributed by atoms with Crippen molar-refractivity contribution in [3.63, 3.8) is 0 Å². The van der Waals surface area contributed by atoms with Gasteiger partial charge in [-0.1, -0.05) is 6.07 Å². The van der Waals surface area contributed by atoms with E-state index in [9.17, 15) is 9.59 Å². The Balaban J connectivity index is 2.01. The molecule has 108 valence electrons. The van der Waals surface area contributed by atoms with Gasteiger partial charge in [0.2, 0.25) is 5.91 Å². The number of hydrogen-bond donors (Lipinski definition) is 3. The van der Waals surface area contributed by atoms with Crippen molar-refractivity contribution in [3.8, 4) is 0 Å². The van der Waals surface area contributed by atoms with Crippen LogP contribution in [-0.4, -0.2) is 54.6 Å². The fourth-order valence-corrected chi connectivity index (χ4v) is 2.19. The first kappa shape index (κ1) is 14.3. The summed E-state index contributed by atoms with van der Waals surface area (Å²) < 4.78 is 0. The van der Waals surface area contributed by atoms with Gasteiger partial charge < -0.3 is 20.6 Å². The molecule has 6 nitrogen and oxygen atoms in total. The van der Waals surface area contributed by atoms with E-state index >= 15 is 0 Å². The Kier molecular flexibility index (Phi) is 4.57. The summed E-state index contributed by atoms with van der Waals surface area (Å²) in [7, 11) is 0. The van der Waals surface area contributed by atoms with Crippen LogP contribution in [0.5, 0.6) is 0 Å². The molecule has 2 rings (SSSR count). The number of carboxylic acid groups (broad SMARTS) is 1. The maximum absolute atomic E-state index is 12.0. The Morgan fingerprint density at radius 3 is 2.70 bits per heavy atom. The van der Waals surface area contributed by atoms with Crippen molar-refractivity contribution in [3.05, 3.63) is 29.3 Å². The SMILES string of the molecule is Cc1ccc(C(=O)O)c(NCC(=O)N2CCNCC2)c1. The summed E-state index contributed by atoms with van der Waals surface area (Å²) in [5, 5.41) is 15.2. The van der Waals surface area contributed by atoms with E-state index in [1.807, 2.05) is 6.92 Å². The van der Waals surface area contributed by atoms with Crippen molar-refractivity contribution < 1.29 is 14.7 Å². The van der Waals surface area contributed by atoms with E-state index in [4.69, 9.17) is 5.11 Å². The number of rotatable bonds is 4. The van der Waals surface area contributed by atoms with Gasteiger partial charge in [0.1, 0.15) is 0 Å². The highest BCUT2D eigenvalue weighted by Crippen LogP contribution is 2.17. The van der Waals surface area contributed by atoms with Crippen LogP contribution in [0.2, 0.25) is 0 Å². The Hall–Kier alpha value is -2.08. The van der Waals surface area contributed by atoms with Crippen molar-refractivity contribution >= 4 is 17.6 Å². The molecule has 1 aliphatic rings. The van der Waals surface area contributed by atoms with Gasteiger partial charge in [0.25, 0.3) is 0 Å². The topological polar surface area (TPSA) is 81.7 Å². The van der Waals surface area contributed by atoms with Crippen LogP contribution in [0.25, 0.3) is 0 Å². The molecule has 1 fully saturated rings. The fraction of sp³-hybridized carbons (Fsp3) is 0.429. The Morgan fingerprint density at radius 1 is 1.35 bits per heavy atom. The van der Waals surface area contributed by atoms with Gasteiger partial charge in [0.15, 0.2) is 0 Å². The maximum atomic E-state index is 12.0. The Labute approximate surface area is 117 Å². The number of amides is 1. The second kappa shape index (κ2) is 6.38. The van der Waals surface area contributed by atoms with E-state index in [0.717, 1.165) is 18.7 Å². The minimum Gasteiger partial charge on any atom is -0.478 e. The zero-order valence-corrected chi connectivity index (χ0v) is 11.5. The van der Waals surface area contributed by atoms with E-state index in [-0.39, 0.29) is 18.0 Å². The highest BCUT2D eigenvalue weighted by molar-refractivity contribution is 5.95. The molecule has 0 saturated carbocycles. The molecule has 1 amide bonds. The van der Waals surface area contributed by atoms with Gasteiger partial charge in [-0.15, -0.1) is 0 Å². The molecule has 1 aromatic rings. The van der Waals surface area contributed by atoms with E-state index in [0.29, 0.717) is 18.8 Å². The normalized spacial score (nSPS) is 14.9. The molecular formula is C14H19N3O3. The molecule has 1 saturated heterocycles. The van der Waals surface area contributed by atoms with Gasteiger partial charge in [-0.05, 0) is 24.6 Å². The van der Waals surface area contributed by atoms with Crippen LogP contribution in [0.15, 0.2) is 18.2 Å². The van der Waals surface area contributed by atoms with E-state index in [2.05, 4.69) is 10.6 Å². The summed E-state index contributed by atoms with van der Waals surface area (Å²) in [6.07, 6.45) is 0. The maximum Gasteiger partial charge on any atom is 0.337 e. The van der Waals surface area contributed by atoms with Crippen molar-refractivity contribution in [2.45, 2.75) is 6.92 Å². The monoisotopic (exact) mass is 277 g/mol. The molecule has 0 radical (unpaired) electrons. The largest absolute Gasteiger partial charge is 0.478 e. The number of piperazine rings is 1. The summed E-state index contributed by atoms with van der Waals surface area (Å²) in [6, 6.07) is 5.04. The second-order valence-corrected chi connectivity index (χ2v) is 4.84. The first-order valence-corrected chi connectivity index (χ1v) is 6.64. The predicted octanol–water partition coefficient (Wildman–Crippen LogP) is 0.537. The number of carbonyl (C=O) groups excluding carboxylic acids is 1. The summed E-state index contributed by atoms with van der Waals surface area (Å²) >= 11 is 0. The number of aryl methyl sites for hydroxylation is 1. The van der Waals surface area contributed by atoms with Crippen LogP contribution in [0.4, 0.5) is 5.69 Å². The lowest BCUT2D eigenvalue weighted by Crippen LogP contribution is -2.48. The average Bonchev–Trinajstić information content (AvgIpc) is 2.45. The smallest absolute Gasteiger partial charge is 0.337 e. The lowest BCUT2D eigenvalue weighted by atomic mass is 10.1. The Morgan fingerprint density at radius 2 is 2.05 bits per heavy atom. The summed E-state index contributed by atoms with van der Waals surface area (Å²) in [6.45, 7) is 4.99. The third-order valence-electron chi connectivity index (χ3n) is 3.31. The number of carboxylic acids is 1. The first-order chi connectivity index (χ1) is 9.58. The van der Waals surface area contributed by atoms with Crippen LogP contribution >= 0.6 is 0 Å². The number of nitrogens with zero attached hydrogens (tertiary/aromatic N) is 1. The molecule has 0 aliphatic carbocycles. The standard InChI is InChI=1S/C14H19N3O3/c1-10-2-3-11(14(19)20)12(8-10)16-9-13(18)17-6-4-15-5-7-17/h2-3,8,15-16H,4-7,9H2,1H3,(H,19,20). The van der Waals surface area contributed by atoms with Crippen LogP contribution in [0.3, 0.4) is 0 Å². The molecule has 1 aromatic carbocycles. The number of carbonyl (C=O) groups is 2. The van der Waals surface area contributed by atoms with Gasteiger partial charge in [-0.2, -0.15) is 0 Å². The number of benzene rings is 1. The van der Waals surface area contributed by atoms with E-state index in [1.54, 1.807) is 23.1 Å². The van der Waals surface area contributed by atoms with Gasteiger partial charge >= 0.3 is 5.97 Å². The molecule has 0 bridgehead atoms. The molecule has 6 heteroatoms. The zero-order valence-electron chi connectivity index (χ0n) is 11.5. The first-order valence-electron chi connectivity index (χ1n) is 6.64. The molecule has 1 heterocycles. The Bertz CT molecular complexity index is 510. The molecule has 20 heavy (non-hydrogen) atoms. The summed E-state index contributed by atoms with van der Waals surface area (Å²) in [4.78, 5) is 24.9. The number of hydrogen-bond acceptors (Lipinski definition) is 4. The molecule has 0 aromatic heterocycles. The number of anilines is 1. The van der Waals surface area contributed by atoms with Crippen molar-refractivity contribution in [2.24, 2.45) is 0 Å². The molecule has 1 aliphatic heterocycles. The molecule has 0 atom stereocenters. The average molecular weight is 277 g/mol. The van der Waals surface area contributed by atoms with E-state index < -0.39 is 5.97 Å². The molecule has 0 spiro atoms. The molecule has 3 N–H and O–H groups in total. The van der Waals surface area contributed by atoms with Crippen LogP contribution < -0.4 is 10.6 Å². The summed E-state index contributed by atoms with van der Waals surface area (Å²) in [5.41, 5.74) is 1.62.